The van der Waals surface area contributed by atoms with E-state index < -0.39 is 0 Å². The minimum Gasteiger partial charge on any atom is -0.384 e. The monoisotopic (exact) mass is 254 g/mol. The van der Waals surface area contributed by atoms with Gasteiger partial charge in [-0.1, -0.05) is 48.5 Å². The first kappa shape index (κ1) is 12.2. The molecular weight excluding hydrogens is 236 g/mol. The van der Waals surface area contributed by atoms with Gasteiger partial charge >= 0.3 is 0 Å². The number of hydrogen-bond donors (Lipinski definition) is 2. The highest BCUT2D eigenvalue weighted by Gasteiger charge is 2.12. The molecule has 1 heterocycles. The van der Waals surface area contributed by atoms with Gasteiger partial charge in [-0.2, -0.15) is 5.48 Å². The summed E-state index contributed by atoms with van der Waals surface area (Å²) in [4.78, 5) is 5.51. The molecule has 0 amide bonds. The van der Waals surface area contributed by atoms with Gasteiger partial charge in [0, 0.05) is 18.8 Å². The Balaban J connectivity index is 1.52. The zero-order chi connectivity index (χ0) is 12.9. The molecule has 0 aromatic heterocycles. The molecule has 2 aromatic carbocycles. The van der Waals surface area contributed by atoms with Gasteiger partial charge in [-0.25, -0.2) is 0 Å². The summed E-state index contributed by atoms with van der Waals surface area (Å²) in [5.74, 6) is 0. The van der Waals surface area contributed by atoms with Crippen molar-refractivity contribution in [3.63, 3.8) is 0 Å². The highest BCUT2D eigenvalue weighted by molar-refractivity contribution is 5.61. The van der Waals surface area contributed by atoms with Crippen LogP contribution in [0.3, 0.4) is 0 Å². The molecule has 2 aromatic rings. The second-order valence-corrected chi connectivity index (χ2v) is 4.72. The molecule has 0 spiro atoms. The van der Waals surface area contributed by atoms with E-state index in [2.05, 4.69) is 41.1 Å². The normalized spacial score (nSPS) is 13.1. The van der Waals surface area contributed by atoms with E-state index in [1.54, 1.807) is 0 Å². The van der Waals surface area contributed by atoms with Gasteiger partial charge in [-0.05, 0) is 23.1 Å². The van der Waals surface area contributed by atoms with Crippen LogP contribution in [0.25, 0.3) is 0 Å². The molecule has 3 rings (SSSR count). The van der Waals surface area contributed by atoms with Crippen molar-refractivity contribution in [3.05, 3.63) is 65.2 Å². The van der Waals surface area contributed by atoms with E-state index >= 15 is 0 Å². The van der Waals surface area contributed by atoms with Crippen molar-refractivity contribution >= 4 is 5.69 Å². The Hall–Kier alpha value is -1.84. The maximum absolute atomic E-state index is 5.51. The number of para-hydroxylation sites is 1. The van der Waals surface area contributed by atoms with Gasteiger partial charge in [0.15, 0.2) is 0 Å². The third-order valence-corrected chi connectivity index (χ3v) is 3.38. The Labute approximate surface area is 113 Å². The molecule has 98 valence electrons. The quantitative estimate of drug-likeness (QED) is 0.636. The molecule has 3 heteroatoms. The summed E-state index contributed by atoms with van der Waals surface area (Å²) in [6.45, 7) is 2.35. The maximum atomic E-state index is 5.51. The molecule has 0 fully saturated rings. The van der Waals surface area contributed by atoms with Gasteiger partial charge in [0.2, 0.25) is 0 Å². The lowest BCUT2D eigenvalue weighted by molar-refractivity contribution is 0.0236. The highest BCUT2D eigenvalue weighted by atomic mass is 16.6. The average molecular weight is 254 g/mol. The lowest BCUT2D eigenvalue weighted by Gasteiger charge is -2.10. The fourth-order valence-electron chi connectivity index (χ4n) is 2.40. The van der Waals surface area contributed by atoms with Gasteiger partial charge in [0.05, 0.1) is 6.61 Å². The van der Waals surface area contributed by atoms with Crippen LogP contribution in [-0.4, -0.2) is 6.54 Å². The first-order valence-electron chi connectivity index (χ1n) is 6.67. The lowest BCUT2D eigenvalue weighted by Crippen LogP contribution is -2.14. The number of rotatable bonds is 5. The van der Waals surface area contributed by atoms with Gasteiger partial charge in [0.1, 0.15) is 0 Å². The van der Waals surface area contributed by atoms with Crippen LogP contribution in [-0.2, 0) is 24.4 Å². The molecule has 0 atom stereocenters. The Morgan fingerprint density at radius 1 is 1.05 bits per heavy atom. The standard InChI is InChI=1S/C16H18N2O/c1-2-5-13(6-3-1)12-19-18-11-15-8-4-7-14-9-10-17-16(14)15/h1-8,17-18H,9-12H2. The molecule has 3 nitrogen and oxygen atoms in total. The minimum absolute atomic E-state index is 0.587. The summed E-state index contributed by atoms with van der Waals surface area (Å²) in [5.41, 5.74) is 8.16. The van der Waals surface area contributed by atoms with Crippen LogP contribution in [0.15, 0.2) is 48.5 Å². The second kappa shape index (κ2) is 5.87. The average Bonchev–Trinajstić information content (AvgIpc) is 2.94. The fourth-order valence-corrected chi connectivity index (χ4v) is 2.40. The van der Waals surface area contributed by atoms with Crippen LogP contribution in [0.4, 0.5) is 5.69 Å². The molecule has 0 aliphatic carbocycles. The number of hydrogen-bond acceptors (Lipinski definition) is 3. The summed E-state index contributed by atoms with van der Waals surface area (Å²) in [7, 11) is 0. The Morgan fingerprint density at radius 3 is 2.84 bits per heavy atom. The number of anilines is 1. The molecule has 2 N–H and O–H groups in total. The molecule has 1 aliphatic heterocycles. The fraction of sp³-hybridized carbons (Fsp3) is 0.250. The molecular formula is C16H18N2O. The summed E-state index contributed by atoms with van der Waals surface area (Å²) in [6.07, 6.45) is 1.12. The van der Waals surface area contributed by atoms with Gasteiger partial charge < -0.3 is 5.32 Å². The first-order valence-corrected chi connectivity index (χ1v) is 6.67. The van der Waals surface area contributed by atoms with Crippen molar-refractivity contribution in [1.29, 1.82) is 0 Å². The van der Waals surface area contributed by atoms with E-state index in [4.69, 9.17) is 4.84 Å². The number of hydroxylamine groups is 1. The van der Waals surface area contributed by atoms with Crippen LogP contribution < -0.4 is 10.8 Å². The Kier molecular flexibility index (Phi) is 3.77. The van der Waals surface area contributed by atoms with E-state index in [9.17, 15) is 0 Å². The molecule has 0 radical (unpaired) electrons. The van der Waals surface area contributed by atoms with E-state index in [1.807, 2.05) is 18.2 Å². The molecule has 1 aliphatic rings. The molecule has 0 saturated carbocycles. The number of nitrogens with one attached hydrogen (secondary N) is 2. The summed E-state index contributed by atoms with van der Waals surface area (Å²) >= 11 is 0. The van der Waals surface area contributed by atoms with Crippen LogP contribution in [0.2, 0.25) is 0 Å². The molecule has 0 bridgehead atoms. The van der Waals surface area contributed by atoms with Gasteiger partial charge in [0.25, 0.3) is 0 Å². The second-order valence-electron chi connectivity index (χ2n) is 4.72. The predicted octanol–water partition coefficient (Wildman–Crippen LogP) is 2.88. The molecule has 0 unspecified atom stereocenters. The maximum Gasteiger partial charge on any atom is 0.0933 e. The largest absolute Gasteiger partial charge is 0.384 e. The lowest BCUT2D eigenvalue weighted by atomic mass is 10.1. The third-order valence-electron chi connectivity index (χ3n) is 3.38. The van der Waals surface area contributed by atoms with Crippen molar-refractivity contribution in [2.75, 3.05) is 11.9 Å². The Bertz CT molecular complexity index is 540. The van der Waals surface area contributed by atoms with Crippen LogP contribution in [0.1, 0.15) is 16.7 Å². The topological polar surface area (TPSA) is 33.3 Å². The van der Waals surface area contributed by atoms with Crippen molar-refractivity contribution in [2.24, 2.45) is 0 Å². The van der Waals surface area contributed by atoms with Gasteiger partial charge in [-0.3, -0.25) is 4.84 Å². The van der Waals surface area contributed by atoms with Crippen LogP contribution in [0, 0.1) is 0 Å². The third kappa shape index (κ3) is 2.95. The van der Waals surface area contributed by atoms with E-state index in [1.165, 1.54) is 22.4 Å². The van der Waals surface area contributed by atoms with Crippen LogP contribution in [0.5, 0.6) is 0 Å². The zero-order valence-electron chi connectivity index (χ0n) is 10.9. The van der Waals surface area contributed by atoms with Crippen molar-refractivity contribution in [2.45, 2.75) is 19.6 Å². The number of fused-ring (bicyclic) bond motifs is 1. The van der Waals surface area contributed by atoms with Crippen LogP contribution >= 0.6 is 0 Å². The first-order chi connectivity index (χ1) is 9.43. The van der Waals surface area contributed by atoms with Crippen molar-refractivity contribution < 1.29 is 4.84 Å². The van der Waals surface area contributed by atoms with Gasteiger partial charge in [-0.15, -0.1) is 0 Å². The van der Waals surface area contributed by atoms with Crippen molar-refractivity contribution in [3.8, 4) is 0 Å². The molecule has 0 saturated heterocycles. The van der Waals surface area contributed by atoms with E-state index in [0.717, 1.165) is 19.5 Å². The number of benzene rings is 2. The zero-order valence-corrected chi connectivity index (χ0v) is 10.9. The predicted molar refractivity (Wildman–Crippen MR) is 76.7 cm³/mol. The minimum atomic E-state index is 0.587. The highest BCUT2D eigenvalue weighted by Crippen LogP contribution is 2.26. The Morgan fingerprint density at radius 2 is 1.95 bits per heavy atom. The van der Waals surface area contributed by atoms with E-state index in [0.29, 0.717) is 6.61 Å². The van der Waals surface area contributed by atoms with Crippen molar-refractivity contribution in [1.82, 2.24) is 5.48 Å². The van der Waals surface area contributed by atoms with E-state index in [-0.39, 0.29) is 0 Å². The SMILES string of the molecule is c1ccc(CONCc2cccc3c2NCC3)cc1. The summed E-state index contributed by atoms with van der Waals surface area (Å²) < 4.78 is 0. The smallest absolute Gasteiger partial charge is 0.0933 e. The summed E-state index contributed by atoms with van der Waals surface area (Å²) in [5, 5.41) is 3.43. The molecule has 19 heavy (non-hydrogen) atoms. The summed E-state index contributed by atoms with van der Waals surface area (Å²) in [6, 6.07) is 16.6.